The maximum absolute atomic E-state index is 12.4. The Balaban J connectivity index is 1.83. The number of amides is 1. The number of aliphatic hydroxyl groups is 1. The number of rotatable bonds is 4. The lowest BCUT2D eigenvalue weighted by molar-refractivity contribution is 0.0600. The number of fused-ring (bicyclic) bond motifs is 1. The minimum atomic E-state index is -0.465. The Bertz CT molecular complexity index is 914. The van der Waals surface area contributed by atoms with Crippen molar-refractivity contribution in [3.8, 4) is 0 Å². The summed E-state index contributed by atoms with van der Waals surface area (Å²) in [5.41, 5.74) is 2.83. The van der Waals surface area contributed by atoms with E-state index in [1.54, 1.807) is 36.4 Å². The molecule has 24 heavy (non-hydrogen) atoms. The zero-order valence-corrected chi connectivity index (χ0v) is 13.0. The van der Waals surface area contributed by atoms with Crippen molar-refractivity contribution in [1.29, 1.82) is 0 Å². The molecule has 1 aromatic heterocycles. The molecule has 1 heterocycles. The van der Waals surface area contributed by atoms with Crippen LogP contribution in [0, 0.1) is 0 Å². The third-order valence-corrected chi connectivity index (χ3v) is 3.65. The summed E-state index contributed by atoms with van der Waals surface area (Å²) in [6.07, 6.45) is 0. The highest BCUT2D eigenvalue weighted by Gasteiger charge is 2.12. The van der Waals surface area contributed by atoms with E-state index in [0.29, 0.717) is 16.9 Å². The van der Waals surface area contributed by atoms with E-state index < -0.39 is 5.97 Å². The monoisotopic (exact) mass is 324 g/mol. The van der Waals surface area contributed by atoms with Crippen molar-refractivity contribution in [2.75, 3.05) is 12.4 Å². The van der Waals surface area contributed by atoms with Crippen LogP contribution in [-0.2, 0) is 11.3 Å². The van der Waals surface area contributed by atoms with Crippen molar-refractivity contribution in [2.24, 2.45) is 0 Å². The Morgan fingerprint density at radius 1 is 1.17 bits per heavy atom. The Morgan fingerprint density at radius 2 is 2.00 bits per heavy atom. The van der Waals surface area contributed by atoms with Gasteiger partial charge in [0.25, 0.3) is 5.91 Å². The highest BCUT2D eigenvalue weighted by Crippen LogP contribution is 2.19. The number of H-pyrrole nitrogens is 1. The van der Waals surface area contributed by atoms with Crippen LogP contribution in [0.4, 0.5) is 5.69 Å². The van der Waals surface area contributed by atoms with Crippen molar-refractivity contribution in [3.05, 3.63) is 65.4 Å². The Hall–Kier alpha value is -3.12. The largest absolute Gasteiger partial charge is 0.465 e. The number of nitrogens with one attached hydrogen (secondary N) is 2. The molecular weight excluding hydrogens is 308 g/mol. The average Bonchev–Trinajstić information content (AvgIpc) is 3.04. The lowest BCUT2D eigenvalue weighted by atomic mass is 10.1. The van der Waals surface area contributed by atoms with E-state index in [9.17, 15) is 14.7 Å². The van der Waals surface area contributed by atoms with Crippen LogP contribution in [0.2, 0.25) is 0 Å². The third-order valence-electron chi connectivity index (χ3n) is 3.65. The number of carbonyl (C=O) groups excluding carboxylic acids is 2. The van der Waals surface area contributed by atoms with Gasteiger partial charge in [-0.2, -0.15) is 0 Å². The van der Waals surface area contributed by atoms with Crippen molar-refractivity contribution in [3.63, 3.8) is 0 Å². The second-order valence-electron chi connectivity index (χ2n) is 5.29. The molecule has 0 spiro atoms. The van der Waals surface area contributed by atoms with Gasteiger partial charge in [-0.05, 0) is 42.0 Å². The molecule has 3 N–H and O–H groups in total. The molecule has 0 aliphatic carbocycles. The van der Waals surface area contributed by atoms with Crippen molar-refractivity contribution in [1.82, 2.24) is 4.98 Å². The van der Waals surface area contributed by atoms with E-state index >= 15 is 0 Å². The smallest absolute Gasteiger partial charge is 0.337 e. The first-order valence-corrected chi connectivity index (χ1v) is 7.33. The number of hydrogen-bond donors (Lipinski definition) is 3. The van der Waals surface area contributed by atoms with Crippen molar-refractivity contribution in [2.45, 2.75) is 6.61 Å². The average molecular weight is 324 g/mol. The molecule has 0 unspecified atom stereocenters. The Labute approximate surface area is 138 Å². The molecule has 0 aliphatic rings. The van der Waals surface area contributed by atoms with E-state index in [1.165, 1.54) is 7.11 Å². The Morgan fingerprint density at radius 3 is 2.75 bits per heavy atom. The van der Waals surface area contributed by atoms with Gasteiger partial charge in [0.1, 0.15) is 5.69 Å². The maximum Gasteiger partial charge on any atom is 0.337 e. The number of esters is 1. The predicted molar refractivity (Wildman–Crippen MR) is 90.0 cm³/mol. The van der Waals surface area contributed by atoms with Crippen LogP contribution < -0.4 is 5.32 Å². The van der Waals surface area contributed by atoms with Gasteiger partial charge in [-0.3, -0.25) is 4.79 Å². The van der Waals surface area contributed by atoms with Gasteiger partial charge in [0, 0.05) is 16.6 Å². The molecule has 0 radical (unpaired) electrons. The lowest BCUT2D eigenvalue weighted by Gasteiger charge is -2.05. The van der Waals surface area contributed by atoms with Crippen LogP contribution in [0.1, 0.15) is 26.4 Å². The molecule has 6 heteroatoms. The normalized spacial score (nSPS) is 10.6. The zero-order chi connectivity index (χ0) is 17.1. The molecular formula is C18H16N2O4. The van der Waals surface area contributed by atoms with E-state index in [1.807, 2.05) is 12.1 Å². The number of benzene rings is 2. The number of anilines is 1. The highest BCUT2D eigenvalue weighted by atomic mass is 16.5. The van der Waals surface area contributed by atoms with E-state index in [-0.39, 0.29) is 12.5 Å². The molecule has 0 saturated carbocycles. The molecule has 1 amide bonds. The van der Waals surface area contributed by atoms with Crippen LogP contribution in [0.3, 0.4) is 0 Å². The number of aromatic amines is 1. The zero-order valence-electron chi connectivity index (χ0n) is 13.0. The maximum atomic E-state index is 12.4. The number of aromatic nitrogens is 1. The lowest BCUT2D eigenvalue weighted by Crippen LogP contribution is -2.12. The quantitative estimate of drug-likeness (QED) is 0.644. The van der Waals surface area contributed by atoms with Crippen molar-refractivity contribution >= 4 is 28.5 Å². The minimum Gasteiger partial charge on any atom is -0.465 e. The molecule has 122 valence electrons. The van der Waals surface area contributed by atoms with E-state index in [2.05, 4.69) is 15.0 Å². The number of methoxy groups -OCH3 is 1. The third kappa shape index (κ3) is 3.13. The summed E-state index contributed by atoms with van der Waals surface area (Å²) in [6.45, 7) is -0.0526. The first kappa shape index (κ1) is 15.8. The summed E-state index contributed by atoms with van der Waals surface area (Å²) in [4.78, 5) is 26.9. The van der Waals surface area contributed by atoms with Crippen LogP contribution in [0.5, 0.6) is 0 Å². The fourth-order valence-electron chi connectivity index (χ4n) is 2.44. The molecule has 3 rings (SSSR count). The molecule has 6 nitrogen and oxygen atoms in total. The van der Waals surface area contributed by atoms with Crippen molar-refractivity contribution < 1.29 is 19.4 Å². The van der Waals surface area contributed by atoms with E-state index in [4.69, 9.17) is 0 Å². The molecule has 0 aliphatic heterocycles. The second-order valence-corrected chi connectivity index (χ2v) is 5.29. The topological polar surface area (TPSA) is 91.4 Å². The number of ether oxygens (including phenoxy) is 1. The van der Waals surface area contributed by atoms with Crippen LogP contribution >= 0.6 is 0 Å². The van der Waals surface area contributed by atoms with Gasteiger partial charge in [0.05, 0.1) is 19.3 Å². The summed E-state index contributed by atoms with van der Waals surface area (Å²) >= 11 is 0. The first-order valence-electron chi connectivity index (χ1n) is 7.33. The number of aliphatic hydroxyl groups excluding tert-OH is 1. The molecule has 0 fully saturated rings. The van der Waals surface area contributed by atoms with E-state index in [0.717, 1.165) is 16.5 Å². The standard InChI is InChI=1S/C18H16N2O4/c1-24-18(23)12-3-2-4-14(8-12)19-17(22)16-9-13-7-11(10-21)5-6-15(13)20-16/h2-9,20-21H,10H2,1H3,(H,19,22). The summed E-state index contributed by atoms with van der Waals surface area (Å²) in [5.74, 6) is -0.785. The molecule has 0 bridgehead atoms. The van der Waals surface area contributed by atoms with Crippen LogP contribution in [0.25, 0.3) is 10.9 Å². The van der Waals surface area contributed by atoms with Crippen LogP contribution in [-0.4, -0.2) is 29.1 Å². The van der Waals surface area contributed by atoms with Gasteiger partial charge in [-0.1, -0.05) is 12.1 Å². The van der Waals surface area contributed by atoms with Crippen LogP contribution in [0.15, 0.2) is 48.5 Å². The van der Waals surface area contributed by atoms with Gasteiger partial charge < -0.3 is 20.1 Å². The molecule has 2 aromatic carbocycles. The first-order chi connectivity index (χ1) is 11.6. The Kier molecular flexibility index (Phi) is 4.31. The summed E-state index contributed by atoms with van der Waals surface area (Å²) in [7, 11) is 1.30. The van der Waals surface area contributed by atoms with Gasteiger partial charge in [-0.15, -0.1) is 0 Å². The van der Waals surface area contributed by atoms with Gasteiger partial charge >= 0.3 is 5.97 Å². The molecule has 0 saturated heterocycles. The predicted octanol–water partition coefficient (Wildman–Crippen LogP) is 2.70. The highest BCUT2D eigenvalue weighted by molar-refractivity contribution is 6.06. The molecule has 3 aromatic rings. The fourth-order valence-corrected chi connectivity index (χ4v) is 2.44. The summed E-state index contributed by atoms with van der Waals surface area (Å²) in [6, 6.07) is 13.7. The SMILES string of the molecule is COC(=O)c1cccc(NC(=O)c2cc3cc(CO)ccc3[nH]2)c1. The minimum absolute atomic E-state index is 0.0526. The van der Waals surface area contributed by atoms with Gasteiger partial charge in [0.15, 0.2) is 0 Å². The summed E-state index contributed by atoms with van der Waals surface area (Å²) < 4.78 is 4.66. The molecule has 0 atom stereocenters. The van der Waals surface area contributed by atoms with Gasteiger partial charge in [0.2, 0.25) is 0 Å². The fraction of sp³-hybridized carbons (Fsp3) is 0.111. The second kappa shape index (κ2) is 6.55. The number of carbonyl (C=O) groups is 2. The number of hydrogen-bond acceptors (Lipinski definition) is 4. The summed E-state index contributed by atoms with van der Waals surface area (Å²) in [5, 5.41) is 12.8. The van der Waals surface area contributed by atoms with Gasteiger partial charge in [-0.25, -0.2) is 4.79 Å².